The predicted octanol–water partition coefficient (Wildman–Crippen LogP) is 3.37. The molecule has 3 aromatic rings. The van der Waals surface area contributed by atoms with Gasteiger partial charge in [-0.2, -0.15) is 4.98 Å². The Morgan fingerprint density at radius 1 is 1.22 bits per heavy atom. The molecule has 2 aromatic heterocycles. The summed E-state index contributed by atoms with van der Waals surface area (Å²) in [5, 5.41) is 4.70. The summed E-state index contributed by atoms with van der Waals surface area (Å²) in [6.45, 7) is 3.45. The number of amides is 1. The van der Waals surface area contributed by atoms with Crippen molar-refractivity contribution < 1.29 is 9.32 Å². The Balaban J connectivity index is 1.34. The first-order chi connectivity index (χ1) is 13.2. The van der Waals surface area contributed by atoms with Gasteiger partial charge in [0.25, 0.3) is 5.89 Å². The third-order valence-electron chi connectivity index (χ3n) is 4.59. The second-order valence-electron chi connectivity index (χ2n) is 6.38. The molecular weight excluding hydrogens is 360 g/mol. The number of fused-ring (bicyclic) bond motifs is 1. The summed E-state index contributed by atoms with van der Waals surface area (Å²) >= 11 is 1.45. The zero-order valence-corrected chi connectivity index (χ0v) is 15.9. The fourth-order valence-electron chi connectivity index (χ4n) is 3.04. The first-order valence-electron chi connectivity index (χ1n) is 8.99. The van der Waals surface area contributed by atoms with E-state index in [4.69, 9.17) is 4.52 Å². The number of pyridine rings is 1. The van der Waals surface area contributed by atoms with Crippen LogP contribution >= 0.6 is 11.8 Å². The van der Waals surface area contributed by atoms with Crippen LogP contribution in [0.5, 0.6) is 0 Å². The number of benzene rings is 1. The fourth-order valence-corrected chi connectivity index (χ4v) is 3.79. The molecule has 4 rings (SSSR count). The number of carbonyl (C=O) groups is 1. The third-order valence-corrected chi connectivity index (χ3v) is 5.52. The topological polar surface area (TPSA) is 72.1 Å². The maximum Gasteiger partial charge on any atom is 0.259 e. The number of aryl methyl sites for hydroxylation is 1. The SMILES string of the molecule is CCc1noc(-c2ccc(SCC(=O)N3CCc4ccccc4C3)nc2)n1. The lowest BCUT2D eigenvalue weighted by atomic mass is 10.00. The van der Waals surface area contributed by atoms with Crippen LogP contribution in [-0.4, -0.2) is 38.2 Å². The molecule has 0 bridgehead atoms. The molecule has 1 amide bonds. The highest BCUT2D eigenvalue weighted by atomic mass is 32.2. The van der Waals surface area contributed by atoms with Crippen LogP contribution in [0.25, 0.3) is 11.5 Å². The van der Waals surface area contributed by atoms with Crippen molar-refractivity contribution in [3.8, 4) is 11.5 Å². The summed E-state index contributed by atoms with van der Waals surface area (Å²) in [5.41, 5.74) is 3.37. The van der Waals surface area contributed by atoms with Crippen molar-refractivity contribution in [2.24, 2.45) is 0 Å². The molecule has 27 heavy (non-hydrogen) atoms. The number of thioether (sulfide) groups is 1. The summed E-state index contributed by atoms with van der Waals surface area (Å²) in [7, 11) is 0. The number of aromatic nitrogens is 3. The zero-order valence-electron chi connectivity index (χ0n) is 15.1. The van der Waals surface area contributed by atoms with Crippen LogP contribution in [0.15, 0.2) is 52.1 Å². The molecule has 0 aliphatic carbocycles. The van der Waals surface area contributed by atoms with Crippen molar-refractivity contribution in [1.82, 2.24) is 20.0 Å². The van der Waals surface area contributed by atoms with Crippen molar-refractivity contribution in [3.05, 3.63) is 59.5 Å². The Morgan fingerprint density at radius 3 is 2.81 bits per heavy atom. The van der Waals surface area contributed by atoms with E-state index in [1.165, 1.54) is 22.9 Å². The highest BCUT2D eigenvalue weighted by Gasteiger charge is 2.20. The molecule has 0 saturated heterocycles. The normalized spacial score (nSPS) is 13.4. The van der Waals surface area contributed by atoms with Gasteiger partial charge in [-0.05, 0) is 29.7 Å². The Labute approximate surface area is 162 Å². The third kappa shape index (κ3) is 4.03. The lowest BCUT2D eigenvalue weighted by Crippen LogP contribution is -2.37. The number of hydrogen-bond acceptors (Lipinski definition) is 6. The van der Waals surface area contributed by atoms with E-state index in [1.807, 2.05) is 30.0 Å². The fraction of sp³-hybridized carbons (Fsp3) is 0.300. The van der Waals surface area contributed by atoms with Gasteiger partial charge in [-0.25, -0.2) is 4.98 Å². The summed E-state index contributed by atoms with van der Waals surface area (Å²) in [4.78, 5) is 23.2. The van der Waals surface area contributed by atoms with Crippen LogP contribution in [0.1, 0.15) is 23.9 Å². The van der Waals surface area contributed by atoms with Crippen molar-refractivity contribution in [1.29, 1.82) is 0 Å². The number of carbonyl (C=O) groups excluding carboxylic acids is 1. The second kappa shape index (κ2) is 7.92. The van der Waals surface area contributed by atoms with Crippen LogP contribution in [0, 0.1) is 0 Å². The lowest BCUT2D eigenvalue weighted by Gasteiger charge is -2.28. The van der Waals surface area contributed by atoms with Gasteiger partial charge in [0.1, 0.15) is 0 Å². The van der Waals surface area contributed by atoms with Crippen molar-refractivity contribution in [2.45, 2.75) is 31.3 Å². The standard InChI is InChI=1S/C20H20N4O2S/c1-2-17-22-20(26-23-17)15-7-8-18(21-11-15)27-13-19(25)24-10-9-14-5-3-4-6-16(14)12-24/h3-8,11H,2,9-10,12-13H2,1H3. The molecule has 0 radical (unpaired) electrons. The van der Waals surface area contributed by atoms with Gasteiger partial charge in [-0.15, -0.1) is 0 Å². The van der Waals surface area contributed by atoms with E-state index < -0.39 is 0 Å². The second-order valence-corrected chi connectivity index (χ2v) is 7.37. The van der Waals surface area contributed by atoms with Crippen molar-refractivity contribution >= 4 is 17.7 Å². The molecule has 0 saturated carbocycles. The van der Waals surface area contributed by atoms with E-state index in [2.05, 4.69) is 33.3 Å². The molecule has 6 nitrogen and oxygen atoms in total. The van der Waals surface area contributed by atoms with Gasteiger partial charge in [0.2, 0.25) is 5.91 Å². The van der Waals surface area contributed by atoms with E-state index in [1.54, 1.807) is 6.20 Å². The highest BCUT2D eigenvalue weighted by molar-refractivity contribution is 7.99. The van der Waals surface area contributed by atoms with Crippen molar-refractivity contribution in [2.75, 3.05) is 12.3 Å². The molecule has 1 aliphatic rings. The van der Waals surface area contributed by atoms with Gasteiger partial charge >= 0.3 is 0 Å². The number of nitrogens with zero attached hydrogens (tertiary/aromatic N) is 4. The minimum absolute atomic E-state index is 0.143. The molecular formula is C20H20N4O2S. The van der Waals surface area contributed by atoms with Gasteiger partial charge in [0.15, 0.2) is 5.82 Å². The molecule has 0 atom stereocenters. The maximum atomic E-state index is 12.5. The van der Waals surface area contributed by atoms with E-state index in [0.29, 0.717) is 24.0 Å². The molecule has 0 unspecified atom stereocenters. The quantitative estimate of drug-likeness (QED) is 0.632. The molecule has 138 valence electrons. The first-order valence-corrected chi connectivity index (χ1v) is 9.98. The maximum absolute atomic E-state index is 12.5. The van der Waals surface area contributed by atoms with Gasteiger partial charge in [0.05, 0.1) is 16.3 Å². The van der Waals surface area contributed by atoms with Crippen LogP contribution in [0.4, 0.5) is 0 Å². The first kappa shape index (κ1) is 17.7. The average molecular weight is 380 g/mol. The van der Waals surface area contributed by atoms with Crippen LogP contribution in [-0.2, 0) is 24.2 Å². The molecule has 0 spiro atoms. The van der Waals surface area contributed by atoms with E-state index in [9.17, 15) is 4.79 Å². The Kier molecular flexibility index (Phi) is 5.20. The van der Waals surface area contributed by atoms with Gasteiger partial charge < -0.3 is 9.42 Å². The minimum atomic E-state index is 0.143. The van der Waals surface area contributed by atoms with Crippen LogP contribution in [0.2, 0.25) is 0 Å². The van der Waals surface area contributed by atoms with Gasteiger partial charge in [-0.3, -0.25) is 4.79 Å². The summed E-state index contributed by atoms with van der Waals surface area (Å²) in [6.07, 6.45) is 3.36. The molecule has 1 aromatic carbocycles. The van der Waals surface area contributed by atoms with Crippen LogP contribution < -0.4 is 0 Å². The smallest absolute Gasteiger partial charge is 0.259 e. The monoisotopic (exact) mass is 380 g/mol. The van der Waals surface area contributed by atoms with E-state index >= 15 is 0 Å². The van der Waals surface area contributed by atoms with E-state index in [-0.39, 0.29) is 5.91 Å². The summed E-state index contributed by atoms with van der Waals surface area (Å²) in [6, 6.07) is 12.1. The number of rotatable bonds is 5. The van der Waals surface area contributed by atoms with Crippen LogP contribution in [0.3, 0.4) is 0 Å². The summed E-state index contributed by atoms with van der Waals surface area (Å²) < 4.78 is 5.22. The van der Waals surface area contributed by atoms with Crippen molar-refractivity contribution in [3.63, 3.8) is 0 Å². The van der Waals surface area contributed by atoms with E-state index in [0.717, 1.165) is 30.0 Å². The Bertz CT molecular complexity index is 939. The molecule has 3 heterocycles. The predicted molar refractivity (Wildman–Crippen MR) is 103 cm³/mol. The minimum Gasteiger partial charge on any atom is -0.337 e. The molecule has 7 heteroatoms. The molecule has 1 aliphatic heterocycles. The largest absolute Gasteiger partial charge is 0.337 e. The lowest BCUT2D eigenvalue weighted by molar-refractivity contribution is -0.129. The number of hydrogen-bond donors (Lipinski definition) is 0. The average Bonchev–Trinajstić information content (AvgIpc) is 3.21. The van der Waals surface area contributed by atoms with Gasteiger partial charge in [-0.1, -0.05) is 48.1 Å². The zero-order chi connectivity index (χ0) is 18.6. The van der Waals surface area contributed by atoms with Gasteiger partial charge in [0, 0.05) is 25.7 Å². The molecule has 0 fully saturated rings. The Hall–Kier alpha value is -2.67. The molecule has 0 N–H and O–H groups in total. The summed E-state index contributed by atoms with van der Waals surface area (Å²) in [5.74, 6) is 1.68. The highest BCUT2D eigenvalue weighted by Crippen LogP contribution is 2.23. The Morgan fingerprint density at radius 2 is 2.07 bits per heavy atom.